The first kappa shape index (κ1) is 26.0. The van der Waals surface area contributed by atoms with Crippen LogP contribution in [0.3, 0.4) is 0 Å². The molecule has 2 rings (SSSR count). The van der Waals surface area contributed by atoms with Crippen molar-refractivity contribution >= 4 is 10.1 Å². The van der Waals surface area contributed by atoms with Gasteiger partial charge in [0.05, 0.1) is 4.90 Å². The van der Waals surface area contributed by atoms with E-state index < -0.39 is 20.8 Å². The Morgan fingerprint density at radius 3 is 2.03 bits per heavy atom. The molecule has 0 spiro atoms. The Labute approximate surface area is 196 Å². The minimum atomic E-state index is -4.45. The molecule has 0 amide bonds. The van der Waals surface area contributed by atoms with E-state index in [2.05, 4.69) is 6.92 Å². The zero-order valence-corrected chi connectivity index (χ0v) is 20.2. The van der Waals surface area contributed by atoms with Gasteiger partial charge in [-0.3, -0.25) is 4.55 Å². The minimum Gasteiger partial charge on any atom is -0.872 e. The molecule has 7 heteroatoms. The second-order valence-electron chi connectivity index (χ2n) is 7.09. The van der Waals surface area contributed by atoms with Crippen molar-refractivity contribution in [1.29, 1.82) is 0 Å². The van der Waals surface area contributed by atoms with Gasteiger partial charge in [0.1, 0.15) is 11.5 Å². The van der Waals surface area contributed by atoms with Crippen LogP contribution in [0.2, 0.25) is 0 Å². The van der Waals surface area contributed by atoms with Crippen molar-refractivity contribution in [1.82, 2.24) is 0 Å². The van der Waals surface area contributed by atoms with E-state index in [0.29, 0.717) is 5.75 Å². The molecule has 0 saturated heterocycles. The molecule has 29 heavy (non-hydrogen) atoms. The Morgan fingerprint density at radius 1 is 0.862 bits per heavy atom. The number of unbranched alkanes of at least 4 members (excludes halogenated alkanes) is 7. The standard InChI is InChI=1S/C22H30O5S.Na/c1-2-3-4-5-6-7-8-9-10-18-11-13-20(14-12-18)27-21-15-19(23)16-22(17-21)28(24,25)26;/h11-17,23H,2-10H2,1H3,(H,24,25,26);/q;+1/p-1. The maximum atomic E-state index is 11.6. The fourth-order valence-corrected chi connectivity index (χ4v) is 3.61. The average molecular weight is 429 g/mol. The molecule has 0 bridgehead atoms. The van der Waals surface area contributed by atoms with Gasteiger partial charge in [-0.2, -0.15) is 8.42 Å². The largest absolute Gasteiger partial charge is 1.00 e. The van der Waals surface area contributed by atoms with Crippen molar-refractivity contribution < 1.29 is 52.4 Å². The Hall–Kier alpha value is -1.05. The van der Waals surface area contributed by atoms with Gasteiger partial charge in [-0.05, 0) is 42.7 Å². The van der Waals surface area contributed by atoms with E-state index >= 15 is 0 Å². The molecule has 0 fully saturated rings. The first-order valence-corrected chi connectivity index (χ1v) is 11.4. The molecule has 0 saturated carbocycles. The number of aryl methyl sites for hydroxylation is 1. The van der Waals surface area contributed by atoms with Gasteiger partial charge in [-0.15, -0.1) is 5.75 Å². The number of benzene rings is 2. The van der Waals surface area contributed by atoms with Crippen molar-refractivity contribution in [2.75, 3.05) is 0 Å². The molecule has 0 atom stereocenters. The summed E-state index contributed by atoms with van der Waals surface area (Å²) in [6.45, 7) is 2.23. The molecule has 0 radical (unpaired) electrons. The molecule has 0 aliphatic carbocycles. The zero-order valence-electron chi connectivity index (χ0n) is 17.4. The third kappa shape index (κ3) is 10.0. The van der Waals surface area contributed by atoms with Crippen molar-refractivity contribution in [2.24, 2.45) is 0 Å². The number of ether oxygens (including phenoxy) is 1. The van der Waals surface area contributed by atoms with E-state index in [1.54, 1.807) is 12.1 Å². The second kappa shape index (κ2) is 13.3. The topological polar surface area (TPSA) is 86.7 Å². The van der Waals surface area contributed by atoms with Gasteiger partial charge >= 0.3 is 29.6 Å². The number of rotatable bonds is 12. The summed E-state index contributed by atoms with van der Waals surface area (Å²) in [7, 11) is -4.45. The molecule has 0 heterocycles. The Kier molecular flexibility index (Phi) is 11.9. The summed E-state index contributed by atoms with van der Waals surface area (Å²) in [6, 6.07) is 10.7. The van der Waals surface area contributed by atoms with E-state index in [-0.39, 0.29) is 35.3 Å². The van der Waals surface area contributed by atoms with Gasteiger partial charge in [0.15, 0.2) is 0 Å². The number of hydrogen-bond acceptors (Lipinski definition) is 4. The maximum Gasteiger partial charge on any atom is 1.00 e. The third-order valence-corrected chi connectivity index (χ3v) is 5.46. The summed E-state index contributed by atoms with van der Waals surface area (Å²) < 4.78 is 37.1. The molecule has 1 N–H and O–H groups in total. The van der Waals surface area contributed by atoms with E-state index in [9.17, 15) is 13.5 Å². The van der Waals surface area contributed by atoms with Crippen molar-refractivity contribution in [3.05, 3.63) is 48.0 Å². The van der Waals surface area contributed by atoms with Gasteiger partial charge in [0.25, 0.3) is 10.1 Å². The minimum absolute atomic E-state index is 0. The second-order valence-corrected chi connectivity index (χ2v) is 8.51. The van der Waals surface area contributed by atoms with Crippen LogP contribution in [0.25, 0.3) is 0 Å². The predicted molar refractivity (Wildman–Crippen MR) is 109 cm³/mol. The fourth-order valence-electron chi connectivity index (χ4n) is 3.08. The monoisotopic (exact) mass is 428 g/mol. The molecule has 5 nitrogen and oxygen atoms in total. The first-order chi connectivity index (χ1) is 13.4. The van der Waals surface area contributed by atoms with Gasteiger partial charge in [-0.25, -0.2) is 0 Å². The number of hydrogen-bond donors (Lipinski definition) is 1. The molecule has 154 valence electrons. The van der Waals surface area contributed by atoms with Crippen molar-refractivity contribution in [3.63, 3.8) is 0 Å². The van der Waals surface area contributed by atoms with E-state index in [4.69, 9.17) is 9.29 Å². The van der Waals surface area contributed by atoms with Crippen LogP contribution in [0.4, 0.5) is 0 Å². The van der Waals surface area contributed by atoms with Gasteiger partial charge < -0.3 is 9.84 Å². The summed E-state index contributed by atoms with van der Waals surface area (Å²) in [6.07, 6.45) is 11.3. The summed E-state index contributed by atoms with van der Waals surface area (Å²) in [4.78, 5) is -0.471. The van der Waals surface area contributed by atoms with Crippen LogP contribution >= 0.6 is 0 Å². The van der Waals surface area contributed by atoms with Crippen LogP contribution in [-0.4, -0.2) is 13.0 Å². The average Bonchev–Trinajstić information content (AvgIpc) is 2.64. The molecule has 2 aromatic rings. The normalized spacial score (nSPS) is 11.1. The maximum absolute atomic E-state index is 11.6. The molecule has 0 aliphatic rings. The summed E-state index contributed by atoms with van der Waals surface area (Å²) in [5, 5.41) is 11.6. The molecule has 2 aromatic carbocycles. The smallest absolute Gasteiger partial charge is 0.872 e. The SMILES string of the molecule is CCCCCCCCCCc1ccc(Oc2cc([O-])cc(S(=O)(=O)O)c2)cc1.[Na+]. The fraction of sp³-hybridized carbons (Fsp3) is 0.455. The third-order valence-electron chi connectivity index (χ3n) is 4.63. The van der Waals surface area contributed by atoms with Gasteiger partial charge in [0, 0.05) is 6.07 Å². The molecule has 0 unspecified atom stereocenters. The Balaban J connectivity index is 0.00000420. The molecular formula is C22H29NaO5S. The van der Waals surface area contributed by atoms with E-state index in [0.717, 1.165) is 25.0 Å². The summed E-state index contributed by atoms with van der Waals surface area (Å²) in [5.74, 6) is 0.0407. The molecule has 0 aliphatic heterocycles. The van der Waals surface area contributed by atoms with Crippen LogP contribution in [0, 0.1) is 0 Å². The van der Waals surface area contributed by atoms with E-state index in [1.165, 1.54) is 56.6 Å². The first-order valence-electron chi connectivity index (χ1n) is 9.95. The van der Waals surface area contributed by atoms with Gasteiger partial charge in [0.2, 0.25) is 0 Å². The van der Waals surface area contributed by atoms with Crippen LogP contribution in [0.15, 0.2) is 47.4 Å². The van der Waals surface area contributed by atoms with Gasteiger partial charge in [-0.1, -0.05) is 64.0 Å². The Morgan fingerprint density at radius 2 is 1.45 bits per heavy atom. The van der Waals surface area contributed by atoms with Crippen molar-refractivity contribution in [2.45, 2.75) is 69.6 Å². The van der Waals surface area contributed by atoms with E-state index in [1.807, 2.05) is 12.1 Å². The van der Waals surface area contributed by atoms with Crippen LogP contribution in [0.5, 0.6) is 17.2 Å². The van der Waals surface area contributed by atoms with Crippen LogP contribution < -0.4 is 39.4 Å². The zero-order chi connectivity index (χ0) is 20.4. The molecular weight excluding hydrogens is 399 g/mol. The predicted octanol–water partition coefficient (Wildman–Crippen LogP) is 2.49. The van der Waals surface area contributed by atoms with Crippen LogP contribution in [-0.2, 0) is 16.5 Å². The summed E-state index contributed by atoms with van der Waals surface area (Å²) in [5.41, 5.74) is 1.22. The molecule has 0 aromatic heterocycles. The Bertz CT molecular complexity index is 835. The quantitative estimate of drug-likeness (QED) is 0.319. The summed E-state index contributed by atoms with van der Waals surface area (Å²) >= 11 is 0. The van der Waals surface area contributed by atoms with Crippen molar-refractivity contribution in [3.8, 4) is 17.2 Å². The van der Waals surface area contributed by atoms with Crippen LogP contribution in [0.1, 0.15) is 63.9 Å².